The van der Waals surface area contributed by atoms with E-state index in [9.17, 15) is 4.57 Å². The summed E-state index contributed by atoms with van der Waals surface area (Å²) in [7, 11) is 4.20. The number of hydrogen-bond donors (Lipinski definition) is 0. The summed E-state index contributed by atoms with van der Waals surface area (Å²) in [5.74, 6) is 1.52. The Kier molecular flexibility index (Phi) is 8.00. The molecular formula is C11H26NO2PS. The van der Waals surface area contributed by atoms with Gasteiger partial charge in [-0.25, -0.2) is 0 Å². The Balaban J connectivity index is 4.00. The highest BCUT2D eigenvalue weighted by Crippen LogP contribution is 2.56. The quantitative estimate of drug-likeness (QED) is 0.629. The van der Waals surface area contributed by atoms with E-state index in [2.05, 4.69) is 32.8 Å². The largest absolute Gasteiger partial charge is 0.322 e. The van der Waals surface area contributed by atoms with E-state index in [0.29, 0.717) is 18.6 Å². The molecule has 0 aromatic rings. The summed E-state index contributed by atoms with van der Waals surface area (Å²) in [5, 5.41) is 0. The second-order valence-corrected chi connectivity index (χ2v) is 9.82. The van der Waals surface area contributed by atoms with Gasteiger partial charge in [-0.2, -0.15) is 0 Å². The van der Waals surface area contributed by atoms with E-state index < -0.39 is 6.57 Å². The lowest BCUT2D eigenvalue weighted by Crippen LogP contribution is -2.33. The van der Waals surface area contributed by atoms with Crippen LogP contribution in [0.5, 0.6) is 0 Å². The molecule has 0 aliphatic rings. The molecule has 0 saturated carbocycles. The fraction of sp³-hybridized carbons (Fsp3) is 1.00. The zero-order valence-electron chi connectivity index (χ0n) is 11.4. The minimum atomic E-state index is -2.41. The summed E-state index contributed by atoms with van der Waals surface area (Å²) in [6, 6.07) is 0.550. The molecule has 0 rings (SSSR count). The van der Waals surface area contributed by atoms with Crippen molar-refractivity contribution in [1.29, 1.82) is 0 Å². The standard InChI is InChI=1S/C11H26NO2PS/c1-7-14-15(6,13)16-9-8-11(10(2)3)12(4)5/h10-11H,7-9H2,1-6H3. The van der Waals surface area contributed by atoms with Gasteiger partial charge in [0.25, 0.3) is 6.57 Å². The third-order valence-electron chi connectivity index (χ3n) is 2.54. The SMILES string of the molecule is CCOP(C)(=O)SCCC(C(C)C)N(C)C. The average molecular weight is 267 g/mol. The average Bonchev–Trinajstić information content (AvgIpc) is 2.10. The normalized spacial score (nSPS) is 17.8. The zero-order valence-corrected chi connectivity index (χ0v) is 13.1. The molecule has 2 atom stereocenters. The van der Waals surface area contributed by atoms with E-state index in [0.717, 1.165) is 12.2 Å². The van der Waals surface area contributed by atoms with E-state index >= 15 is 0 Å². The molecule has 0 radical (unpaired) electrons. The highest BCUT2D eigenvalue weighted by Gasteiger charge is 2.19. The molecule has 16 heavy (non-hydrogen) atoms. The van der Waals surface area contributed by atoms with Crippen molar-refractivity contribution in [1.82, 2.24) is 4.90 Å². The molecule has 0 heterocycles. The van der Waals surface area contributed by atoms with Crippen molar-refractivity contribution >= 4 is 18.0 Å². The van der Waals surface area contributed by atoms with Crippen LogP contribution >= 0.6 is 18.0 Å². The molecule has 0 saturated heterocycles. The fourth-order valence-corrected chi connectivity index (χ4v) is 4.87. The van der Waals surface area contributed by atoms with E-state index in [1.54, 1.807) is 6.66 Å². The monoisotopic (exact) mass is 267 g/mol. The molecule has 2 unspecified atom stereocenters. The third-order valence-corrected chi connectivity index (χ3v) is 6.42. The van der Waals surface area contributed by atoms with Crippen molar-refractivity contribution in [3.05, 3.63) is 0 Å². The summed E-state index contributed by atoms with van der Waals surface area (Å²) in [5.41, 5.74) is 0. The molecule has 0 spiro atoms. The predicted octanol–water partition coefficient (Wildman–Crippen LogP) is 3.56. The summed E-state index contributed by atoms with van der Waals surface area (Å²) < 4.78 is 17.1. The maximum Gasteiger partial charge on any atom is 0.254 e. The van der Waals surface area contributed by atoms with Crippen molar-refractivity contribution < 1.29 is 9.09 Å². The topological polar surface area (TPSA) is 29.5 Å². The van der Waals surface area contributed by atoms with Crippen molar-refractivity contribution in [2.75, 3.05) is 33.1 Å². The molecule has 0 bridgehead atoms. The Morgan fingerprint density at radius 1 is 1.38 bits per heavy atom. The van der Waals surface area contributed by atoms with E-state index in [-0.39, 0.29) is 0 Å². The lowest BCUT2D eigenvalue weighted by atomic mass is 10.0. The summed E-state index contributed by atoms with van der Waals surface area (Å²) in [6.45, 7) is 6.16. The molecule has 0 aromatic heterocycles. The number of nitrogens with zero attached hydrogens (tertiary/aromatic N) is 1. The van der Waals surface area contributed by atoms with Crippen LogP contribution in [-0.4, -0.2) is 44.1 Å². The van der Waals surface area contributed by atoms with E-state index in [1.807, 2.05) is 6.92 Å². The molecule has 3 nitrogen and oxygen atoms in total. The summed E-state index contributed by atoms with van der Waals surface area (Å²) in [6.07, 6.45) is 1.06. The van der Waals surface area contributed by atoms with Crippen molar-refractivity contribution in [3.63, 3.8) is 0 Å². The predicted molar refractivity (Wildman–Crippen MR) is 74.5 cm³/mol. The van der Waals surface area contributed by atoms with Crippen molar-refractivity contribution in [3.8, 4) is 0 Å². The number of hydrogen-bond acceptors (Lipinski definition) is 4. The molecule has 0 amide bonds. The van der Waals surface area contributed by atoms with E-state index in [1.165, 1.54) is 11.4 Å². The Morgan fingerprint density at radius 2 is 1.94 bits per heavy atom. The third kappa shape index (κ3) is 6.95. The van der Waals surface area contributed by atoms with Gasteiger partial charge < -0.3 is 9.42 Å². The van der Waals surface area contributed by atoms with E-state index in [4.69, 9.17) is 4.52 Å². The van der Waals surface area contributed by atoms with Gasteiger partial charge in [0.05, 0.1) is 6.61 Å². The highest BCUT2D eigenvalue weighted by atomic mass is 32.7. The summed E-state index contributed by atoms with van der Waals surface area (Å²) >= 11 is 1.47. The first-order valence-electron chi connectivity index (χ1n) is 5.83. The second kappa shape index (κ2) is 7.75. The molecule has 0 fully saturated rings. The van der Waals surface area contributed by atoms with Crippen LogP contribution in [-0.2, 0) is 9.09 Å². The summed E-state index contributed by atoms with van der Waals surface area (Å²) in [4.78, 5) is 2.24. The minimum Gasteiger partial charge on any atom is -0.322 e. The van der Waals surface area contributed by atoms with Gasteiger partial charge in [-0.3, -0.25) is 4.57 Å². The van der Waals surface area contributed by atoms with Crippen LogP contribution in [0.3, 0.4) is 0 Å². The molecule has 0 N–H and O–H groups in total. The molecule has 5 heteroatoms. The molecule has 0 aliphatic heterocycles. The van der Waals surface area contributed by atoms with Crippen LogP contribution in [0.25, 0.3) is 0 Å². The Bertz CT molecular complexity index is 226. The van der Waals surface area contributed by atoms with Crippen molar-refractivity contribution in [2.45, 2.75) is 33.2 Å². The molecular weight excluding hydrogens is 241 g/mol. The molecule has 98 valence electrons. The van der Waals surface area contributed by atoms with Gasteiger partial charge in [-0.05, 0) is 33.4 Å². The first-order valence-corrected chi connectivity index (χ1v) is 9.49. The Labute approximate surface area is 105 Å². The van der Waals surface area contributed by atoms with Crippen LogP contribution in [0.4, 0.5) is 0 Å². The second-order valence-electron chi connectivity index (χ2n) is 4.59. The lowest BCUT2D eigenvalue weighted by molar-refractivity contribution is 0.226. The molecule has 0 aromatic carbocycles. The van der Waals surface area contributed by atoms with Crippen LogP contribution in [0.15, 0.2) is 0 Å². The van der Waals surface area contributed by atoms with Crippen LogP contribution in [0, 0.1) is 5.92 Å². The lowest BCUT2D eigenvalue weighted by Gasteiger charge is -2.28. The number of rotatable bonds is 8. The zero-order chi connectivity index (χ0) is 12.8. The van der Waals surface area contributed by atoms with Gasteiger partial charge >= 0.3 is 0 Å². The maximum absolute atomic E-state index is 11.9. The van der Waals surface area contributed by atoms with Crippen LogP contribution < -0.4 is 0 Å². The van der Waals surface area contributed by atoms with Gasteiger partial charge in [-0.1, -0.05) is 25.2 Å². The van der Waals surface area contributed by atoms with Crippen LogP contribution in [0.2, 0.25) is 0 Å². The van der Waals surface area contributed by atoms with Gasteiger partial charge in [0, 0.05) is 18.5 Å². The van der Waals surface area contributed by atoms with Crippen LogP contribution in [0.1, 0.15) is 27.2 Å². The maximum atomic E-state index is 11.9. The first-order chi connectivity index (χ1) is 7.30. The van der Waals surface area contributed by atoms with Gasteiger partial charge in [0.2, 0.25) is 0 Å². The highest BCUT2D eigenvalue weighted by molar-refractivity contribution is 8.56. The molecule has 0 aliphatic carbocycles. The fourth-order valence-electron chi connectivity index (χ4n) is 1.80. The Hall–Kier alpha value is 0.500. The van der Waals surface area contributed by atoms with Gasteiger partial charge in [0.15, 0.2) is 0 Å². The van der Waals surface area contributed by atoms with Crippen molar-refractivity contribution in [2.24, 2.45) is 5.92 Å². The smallest absolute Gasteiger partial charge is 0.254 e. The van der Waals surface area contributed by atoms with Gasteiger partial charge in [0.1, 0.15) is 0 Å². The minimum absolute atomic E-state index is 0.530. The Morgan fingerprint density at radius 3 is 2.31 bits per heavy atom. The first kappa shape index (κ1) is 16.5. The van der Waals surface area contributed by atoms with Gasteiger partial charge in [-0.15, -0.1) is 0 Å².